The predicted molar refractivity (Wildman–Crippen MR) is 129 cm³/mol. The normalized spacial score (nSPS) is 17.9. The van der Waals surface area contributed by atoms with Crippen LogP contribution in [-0.2, 0) is 6.54 Å². The Morgan fingerprint density at radius 1 is 1.00 bits per heavy atom. The van der Waals surface area contributed by atoms with Crippen LogP contribution in [0.25, 0.3) is 22.2 Å². The summed E-state index contributed by atoms with van der Waals surface area (Å²) in [4.78, 5) is 17.8. The lowest BCUT2D eigenvalue weighted by atomic mass is 10.1. The van der Waals surface area contributed by atoms with E-state index in [2.05, 4.69) is 46.9 Å². The minimum absolute atomic E-state index is 0.0673. The SMILES string of the molecule is O[C@@H]1CCC[C@H]1Nc1ccnc(Nc2cnc3nnn(Cc4ccc5ncccc5c4)c3n2)c1. The second-order valence-corrected chi connectivity index (χ2v) is 8.48. The molecule has 4 heterocycles. The molecule has 0 amide bonds. The monoisotopic (exact) mass is 453 g/mol. The van der Waals surface area contributed by atoms with E-state index in [-0.39, 0.29) is 12.1 Å². The van der Waals surface area contributed by atoms with Gasteiger partial charge in [-0.2, -0.15) is 0 Å². The first-order valence-electron chi connectivity index (χ1n) is 11.3. The van der Waals surface area contributed by atoms with Crippen molar-refractivity contribution in [2.24, 2.45) is 0 Å². The smallest absolute Gasteiger partial charge is 0.221 e. The van der Waals surface area contributed by atoms with Crippen LogP contribution in [0.4, 0.5) is 17.3 Å². The van der Waals surface area contributed by atoms with E-state index in [0.29, 0.717) is 29.5 Å². The Morgan fingerprint density at radius 3 is 2.88 bits per heavy atom. The number of pyridine rings is 2. The van der Waals surface area contributed by atoms with Gasteiger partial charge in [-0.3, -0.25) is 4.98 Å². The standard InChI is InChI=1S/C24H23N9O/c34-20-5-1-4-19(20)28-17-8-10-26-21(12-17)29-22-13-27-23-24(30-22)33(32-31-23)14-15-6-7-18-16(11-15)3-2-9-25-18/h2-3,6-13,19-20,34H,1,4-5,14H2,(H2,26,28,29,30)/t19-,20-/m1/s1. The van der Waals surface area contributed by atoms with Gasteiger partial charge < -0.3 is 15.7 Å². The molecule has 0 bridgehead atoms. The zero-order valence-corrected chi connectivity index (χ0v) is 18.3. The first-order chi connectivity index (χ1) is 16.7. The van der Waals surface area contributed by atoms with E-state index in [1.54, 1.807) is 23.3 Å². The molecule has 170 valence electrons. The Balaban J connectivity index is 1.23. The fraction of sp³-hybridized carbons (Fsp3) is 0.250. The number of nitrogens with one attached hydrogen (secondary N) is 2. The Morgan fingerprint density at radius 2 is 1.97 bits per heavy atom. The van der Waals surface area contributed by atoms with Crippen molar-refractivity contribution < 1.29 is 5.11 Å². The van der Waals surface area contributed by atoms with Crippen LogP contribution in [0, 0.1) is 0 Å². The van der Waals surface area contributed by atoms with Crippen molar-refractivity contribution in [1.29, 1.82) is 0 Å². The van der Waals surface area contributed by atoms with Crippen LogP contribution in [0.2, 0.25) is 0 Å². The van der Waals surface area contributed by atoms with Crippen LogP contribution in [0.5, 0.6) is 0 Å². The lowest BCUT2D eigenvalue weighted by molar-refractivity contribution is 0.172. The minimum atomic E-state index is -0.315. The lowest BCUT2D eigenvalue weighted by Crippen LogP contribution is -2.27. The molecular formula is C24H23N9O. The van der Waals surface area contributed by atoms with E-state index >= 15 is 0 Å². The summed E-state index contributed by atoms with van der Waals surface area (Å²) in [5, 5.41) is 26.2. The summed E-state index contributed by atoms with van der Waals surface area (Å²) in [6, 6.07) is 13.9. The van der Waals surface area contributed by atoms with Crippen molar-refractivity contribution in [3.63, 3.8) is 0 Å². The topological polar surface area (TPSA) is 127 Å². The lowest BCUT2D eigenvalue weighted by Gasteiger charge is -2.18. The average Bonchev–Trinajstić information content (AvgIpc) is 3.45. The fourth-order valence-corrected chi connectivity index (χ4v) is 4.36. The number of nitrogens with zero attached hydrogens (tertiary/aromatic N) is 7. The highest BCUT2D eigenvalue weighted by Gasteiger charge is 2.24. The molecule has 1 aromatic carbocycles. The molecule has 0 radical (unpaired) electrons. The summed E-state index contributed by atoms with van der Waals surface area (Å²) >= 11 is 0. The van der Waals surface area contributed by atoms with Gasteiger partial charge in [-0.1, -0.05) is 17.3 Å². The van der Waals surface area contributed by atoms with Crippen LogP contribution < -0.4 is 10.6 Å². The first-order valence-corrected chi connectivity index (χ1v) is 11.3. The Labute approximate surface area is 195 Å². The van der Waals surface area contributed by atoms with Crippen LogP contribution in [0.15, 0.2) is 61.1 Å². The van der Waals surface area contributed by atoms with Crippen molar-refractivity contribution in [2.45, 2.75) is 38.0 Å². The van der Waals surface area contributed by atoms with E-state index in [0.717, 1.165) is 41.4 Å². The fourth-order valence-electron chi connectivity index (χ4n) is 4.36. The molecule has 1 fully saturated rings. The van der Waals surface area contributed by atoms with Crippen molar-refractivity contribution in [1.82, 2.24) is 34.9 Å². The molecular weight excluding hydrogens is 430 g/mol. The minimum Gasteiger partial charge on any atom is -0.391 e. The van der Waals surface area contributed by atoms with Gasteiger partial charge in [0.15, 0.2) is 11.5 Å². The van der Waals surface area contributed by atoms with Crippen LogP contribution in [-0.4, -0.2) is 52.2 Å². The zero-order valence-electron chi connectivity index (χ0n) is 18.3. The molecule has 10 nitrogen and oxygen atoms in total. The average molecular weight is 454 g/mol. The van der Waals surface area contributed by atoms with Crippen LogP contribution in [0.3, 0.4) is 0 Å². The largest absolute Gasteiger partial charge is 0.391 e. The predicted octanol–water partition coefficient (Wildman–Crippen LogP) is 3.28. The summed E-state index contributed by atoms with van der Waals surface area (Å²) < 4.78 is 1.73. The summed E-state index contributed by atoms with van der Waals surface area (Å²) in [6.07, 6.45) is 7.63. The molecule has 2 atom stereocenters. The van der Waals surface area contributed by atoms with Crippen LogP contribution in [0.1, 0.15) is 24.8 Å². The van der Waals surface area contributed by atoms with Gasteiger partial charge in [-0.05, 0) is 49.1 Å². The van der Waals surface area contributed by atoms with Crippen LogP contribution >= 0.6 is 0 Å². The third-order valence-electron chi connectivity index (χ3n) is 6.07. The molecule has 1 aliphatic rings. The van der Waals surface area contributed by atoms with Gasteiger partial charge in [0.25, 0.3) is 0 Å². The second kappa shape index (κ2) is 8.64. The number of anilines is 3. The second-order valence-electron chi connectivity index (χ2n) is 8.48. The van der Waals surface area contributed by atoms with Gasteiger partial charge in [0.05, 0.1) is 30.4 Å². The number of hydrogen-bond acceptors (Lipinski definition) is 9. The van der Waals surface area contributed by atoms with E-state index in [1.807, 2.05) is 36.4 Å². The Hall–Kier alpha value is -4.18. The van der Waals surface area contributed by atoms with E-state index in [9.17, 15) is 5.11 Å². The number of benzene rings is 1. The summed E-state index contributed by atoms with van der Waals surface area (Å²) in [5.74, 6) is 1.18. The third-order valence-corrected chi connectivity index (χ3v) is 6.07. The van der Waals surface area contributed by atoms with Gasteiger partial charge in [-0.25, -0.2) is 19.6 Å². The Bertz CT molecular complexity index is 1470. The molecule has 5 aromatic rings. The van der Waals surface area contributed by atoms with Gasteiger partial charge in [0, 0.05) is 29.5 Å². The third kappa shape index (κ3) is 4.11. The highest BCUT2D eigenvalue weighted by Crippen LogP contribution is 2.24. The molecule has 10 heteroatoms. The molecule has 4 aromatic heterocycles. The number of hydrogen-bond donors (Lipinski definition) is 3. The molecule has 6 rings (SSSR count). The zero-order chi connectivity index (χ0) is 22.9. The number of aliphatic hydroxyl groups is 1. The van der Waals surface area contributed by atoms with Gasteiger partial charge in [0.2, 0.25) is 5.65 Å². The number of aromatic nitrogens is 7. The number of aliphatic hydroxyl groups excluding tert-OH is 1. The molecule has 1 aliphatic carbocycles. The van der Waals surface area contributed by atoms with E-state index in [4.69, 9.17) is 0 Å². The molecule has 0 saturated heterocycles. The van der Waals surface area contributed by atoms with Crippen molar-refractivity contribution in [3.8, 4) is 0 Å². The molecule has 0 aliphatic heterocycles. The highest BCUT2D eigenvalue weighted by molar-refractivity contribution is 5.79. The number of fused-ring (bicyclic) bond motifs is 2. The van der Waals surface area contributed by atoms with Gasteiger partial charge in [0.1, 0.15) is 5.82 Å². The van der Waals surface area contributed by atoms with Crippen molar-refractivity contribution in [2.75, 3.05) is 10.6 Å². The summed E-state index contributed by atoms with van der Waals surface area (Å²) in [5.41, 5.74) is 3.98. The summed E-state index contributed by atoms with van der Waals surface area (Å²) in [6.45, 7) is 0.515. The highest BCUT2D eigenvalue weighted by atomic mass is 16.3. The molecule has 1 saturated carbocycles. The van der Waals surface area contributed by atoms with E-state index in [1.165, 1.54) is 0 Å². The van der Waals surface area contributed by atoms with Gasteiger partial charge >= 0.3 is 0 Å². The molecule has 0 spiro atoms. The molecule has 0 unspecified atom stereocenters. The number of rotatable bonds is 6. The summed E-state index contributed by atoms with van der Waals surface area (Å²) in [7, 11) is 0. The maximum atomic E-state index is 10.1. The maximum Gasteiger partial charge on any atom is 0.221 e. The maximum absolute atomic E-state index is 10.1. The first kappa shape index (κ1) is 20.4. The van der Waals surface area contributed by atoms with Gasteiger partial charge in [-0.15, -0.1) is 5.10 Å². The quantitative estimate of drug-likeness (QED) is 0.355. The Kier molecular flexibility index (Phi) is 5.19. The van der Waals surface area contributed by atoms with Crippen molar-refractivity contribution >= 4 is 39.5 Å². The van der Waals surface area contributed by atoms with E-state index < -0.39 is 0 Å². The molecule has 3 N–H and O–H groups in total. The van der Waals surface area contributed by atoms with Crippen molar-refractivity contribution in [3.05, 3.63) is 66.6 Å². The molecule has 34 heavy (non-hydrogen) atoms.